The summed E-state index contributed by atoms with van der Waals surface area (Å²) < 4.78 is 5.21. The fraction of sp³-hybridized carbons (Fsp3) is 0.650. The van der Waals surface area contributed by atoms with Gasteiger partial charge in [-0.2, -0.15) is 0 Å². The molecule has 0 aromatic heterocycles. The zero-order valence-corrected chi connectivity index (χ0v) is 17.1. The van der Waals surface area contributed by atoms with Gasteiger partial charge in [-0.25, -0.2) is 0 Å². The fourth-order valence-corrected chi connectivity index (χ4v) is 2.51. The van der Waals surface area contributed by atoms with Gasteiger partial charge in [0, 0.05) is 6.04 Å². The van der Waals surface area contributed by atoms with Gasteiger partial charge in [0.1, 0.15) is 5.54 Å². The Morgan fingerprint density at radius 1 is 1.17 bits per heavy atom. The average molecular weight is 339 g/mol. The topological polar surface area (TPSA) is 55.6 Å². The minimum absolute atomic E-state index is 0.176. The molecule has 4 heteroatoms. The number of hydrogen-bond acceptors (Lipinski definition) is 4. The van der Waals surface area contributed by atoms with Crippen LogP contribution in [0.1, 0.15) is 60.1 Å². The van der Waals surface area contributed by atoms with Gasteiger partial charge in [-0.3, -0.25) is 9.69 Å². The van der Waals surface area contributed by atoms with Crippen molar-refractivity contribution < 1.29 is 9.53 Å². The van der Waals surface area contributed by atoms with E-state index in [2.05, 4.69) is 36.6 Å². The largest absolute Gasteiger partial charge is 0.465 e. The molecule has 0 aliphatic rings. The van der Waals surface area contributed by atoms with E-state index in [1.54, 1.807) is 0 Å². The summed E-state index contributed by atoms with van der Waals surface area (Å²) >= 11 is 0. The van der Waals surface area contributed by atoms with Crippen LogP contribution >= 0.6 is 0 Å². The van der Waals surface area contributed by atoms with Gasteiger partial charge in [0.25, 0.3) is 0 Å². The highest BCUT2D eigenvalue weighted by Gasteiger charge is 2.39. The first-order chi connectivity index (χ1) is 11.3. The van der Waals surface area contributed by atoms with E-state index in [9.17, 15) is 4.79 Å². The number of benzene rings is 1. The highest BCUT2D eigenvalue weighted by atomic mass is 16.5. The van der Waals surface area contributed by atoms with Crippen LogP contribution in [-0.4, -0.2) is 37.1 Å². The van der Waals surface area contributed by atoms with Gasteiger partial charge in [-0.1, -0.05) is 58.0 Å². The maximum absolute atomic E-state index is 12.2. The molecule has 0 aliphatic carbocycles. The highest BCUT2D eigenvalue weighted by molar-refractivity contribution is 5.79. The van der Waals surface area contributed by atoms with E-state index >= 15 is 0 Å². The Bertz CT molecular complexity index is 431. The first-order valence-electron chi connectivity index (χ1n) is 8.85. The molecule has 0 radical (unpaired) electrons. The number of esters is 1. The summed E-state index contributed by atoms with van der Waals surface area (Å²) in [5.41, 5.74) is 5.07. The smallest absolute Gasteiger partial charge is 0.325 e. The summed E-state index contributed by atoms with van der Waals surface area (Å²) in [6, 6.07) is 10.5. The Morgan fingerprint density at radius 2 is 1.62 bits per heavy atom. The standard InChI is InChI=1S/C17H27NO2.C2H6.CH5N/c1-7-20-16(19)17(4,5)18(6)15(13(2)3)14-11-9-8-10-12-14;2*1-2/h8-13,15H,7H2,1-6H3;1-2H3;2H2,1H3. The van der Waals surface area contributed by atoms with Gasteiger partial charge in [0.15, 0.2) is 0 Å². The lowest BCUT2D eigenvalue weighted by Gasteiger charge is -2.41. The van der Waals surface area contributed by atoms with E-state index < -0.39 is 5.54 Å². The second-order valence-electron chi connectivity index (χ2n) is 5.99. The van der Waals surface area contributed by atoms with Crippen LogP contribution in [0.3, 0.4) is 0 Å². The van der Waals surface area contributed by atoms with Crippen LogP contribution in [-0.2, 0) is 9.53 Å². The van der Waals surface area contributed by atoms with E-state index in [0.717, 1.165) is 0 Å². The summed E-state index contributed by atoms with van der Waals surface area (Å²) in [5.74, 6) is 0.222. The molecule has 0 bridgehead atoms. The van der Waals surface area contributed by atoms with Gasteiger partial charge >= 0.3 is 5.97 Å². The van der Waals surface area contributed by atoms with Crippen LogP contribution in [0.4, 0.5) is 0 Å². The van der Waals surface area contributed by atoms with Crippen molar-refractivity contribution in [3.05, 3.63) is 35.9 Å². The van der Waals surface area contributed by atoms with Crippen molar-refractivity contribution in [2.75, 3.05) is 20.7 Å². The van der Waals surface area contributed by atoms with Crippen molar-refractivity contribution in [3.8, 4) is 0 Å². The van der Waals surface area contributed by atoms with Crippen LogP contribution in [0.25, 0.3) is 0 Å². The minimum atomic E-state index is -0.652. The Morgan fingerprint density at radius 3 is 2.00 bits per heavy atom. The van der Waals surface area contributed by atoms with E-state index in [0.29, 0.717) is 12.5 Å². The Balaban J connectivity index is 0. The van der Waals surface area contributed by atoms with Crippen molar-refractivity contribution in [1.82, 2.24) is 4.90 Å². The first-order valence-corrected chi connectivity index (χ1v) is 8.85. The number of ether oxygens (including phenoxy) is 1. The molecule has 0 aliphatic heterocycles. The molecule has 0 amide bonds. The van der Waals surface area contributed by atoms with Crippen LogP contribution in [0, 0.1) is 5.92 Å². The molecule has 0 heterocycles. The molecule has 1 rings (SSSR count). The van der Waals surface area contributed by atoms with Gasteiger partial charge in [-0.15, -0.1) is 0 Å². The van der Waals surface area contributed by atoms with Crippen molar-refractivity contribution in [3.63, 3.8) is 0 Å². The minimum Gasteiger partial charge on any atom is -0.465 e. The van der Waals surface area contributed by atoms with E-state index in [4.69, 9.17) is 4.74 Å². The van der Waals surface area contributed by atoms with Crippen molar-refractivity contribution in [2.24, 2.45) is 11.7 Å². The van der Waals surface area contributed by atoms with Crippen molar-refractivity contribution >= 4 is 5.97 Å². The Labute approximate surface area is 149 Å². The SMILES string of the molecule is CC.CCOC(=O)C(C)(C)N(C)C(c1ccccc1)C(C)C.CN. The van der Waals surface area contributed by atoms with Crippen molar-refractivity contribution in [2.45, 2.75) is 60.0 Å². The summed E-state index contributed by atoms with van der Waals surface area (Å²) in [6.45, 7) is 14.4. The van der Waals surface area contributed by atoms with Crippen LogP contribution in [0.15, 0.2) is 30.3 Å². The number of nitrogens with zero attached hydrogens (tertiary/aromatic N) is 1. The van der Waals surface area contributed by atoms with Gasteiger partial charge in [0.05, 0.1) is 6.61 Å². The number of carbonyl (C=O) groups is 1. The van der Waals surface area contributed by atoms with Crippen LogP contribution < -0.4 is 5.73 Å². The third kappa shape index (κ3) is 7.02. The second-order valence-corrected chi connectivity index (χ2v) is 5.99. The van der Waals surface area contributed by atoms with Gasteiger partial charge in [0.2, 0.25) is 0 Å². The molecule has 4 nitrogen and oxygen atoms in total. The van der Waals surface area contributed by atoms with Gasteiger partial charge < -0.3 is 10.5 Å². The summed E-state index contributed by atoms with van der Waals surface area (Å²) in [7, 11) is 3.49. The van der Waals surface area contributed by atoms with E-state index in [-0.39, 0.29) is 12.0 Å². The second kappa shape index (κ2) is 13.0. The molecule has 0 saturated carbocycles. The molecule has 1 atom stereocenters. The molecule has 0 fully saturated rings. The molecule has 1 aromatic carbocycles. The summed E-state index contributed by atoms with van der Waals surface area (Å²) in [5, 5.41) is 0. The Hall–Kier alpha value is -1.39. The highest BCUT2D eigenvalue weighted by Crippen LogP contribution is 2.33. The maximum Gasteiger partial charge on any atom is 0.325 e. The summed E-state index contributed by atoms with van der Waals surface area (Å²) in [4.78, 5) is 14.3. The van der Waals surface area contributed by atoms with Crippen molar-refractivity contribution in [1.29, 1.82) is 0 Å². The lowest BCUT2D eigenvalue weighted by molar-refractivity contribution is -0.157. The zero-order chi connectivity index (χ0) is 19.3. The first kappa shape index (κ1) is 24.9. The molecule has 140 valence electrons. The predicted molar refractivity (Wildman–Crippen MR) is 104 cm³/mol. The quantitative estimate of drug-likeness (QED) is 0.788. The molecular weight excluding hydrogens is 300 g/mol. The monoisotopic (exact) mass is 338 g/mol. The summed E-state index contributed by atoms with van der Waals surface area (Å²) in [6.07, 6.45) is 0. The Kier molecular flexibility index (Phi) is 13.4. The lowest BCUT2D eigenvalue weighted by atomic mass is 9.90. The third-order valence-corrected chi connectivity index (χ3v) is 3.85. The molecule has 24 heavy (non-hydrogen) atoms. The average Bonchev–Trinajstić information content (AvgIpc) is 2.59. The predicted octanol–water partition coefficient (Wildman–Crippen LogP) is 4.26. The third-order valence-electron chi connectivity index (χ3n) is 3.85. The number of rotatable bonds is 6. The number of likely N-dealkylation sites (N-methyl/N-ethyl adjacent to an activating group) is 1. The number of carbonyl (C=O) groups excluding carboxylic acids is 1. The number of hydrogen-bond donors (Lipinski definition) is 1. The molecule has 0 saturated heterocycles. The molecule has 0 spiro atoms. The van der Waals surface area contributed by atoms with Gasteiger partial charge in [-0.05, 0) is 46.3 Å². The zero-order valence-electron chi connectivity index (χ0n) is 17.1. The van der Waals surface area contributed by atoms with E-state index in [1.807, 2.05) is 59.9 Å². The molecule has 1 unspecified atom stereocenters. The number of nitrogens with two attached hydrogens (primary N) is 1. The normalized spacial score (nSPS) is 11.8. The van der Waals surface area contributed by atoms with E-state index in [1.165, 1.54) is 12.6 Å². The molecule has 1 aromatic rings. The lowest BCUT2D eigenvalue weighted by Crippen LogP contribution is -2.51. The van der Waals surface area contributed by atoms with Crippen LogP contribution in [0.2, 0.25) is 0 Å². The fourth-order valence-electron chi connectivity index (χ4n) is 2.51. The van der Waals surface area contributed by atoms with Crippen LogP contribution in [0.5, 0.6) is 0 Å². The molecular formula is C20H38N2O2. The maximum atomic E-state index is 12.2. The molecule has 2 N–H and O–H groups in total.